The lowest BCUT2D eigenvalue weighted by Gasteiger charge is -2.31. The van der Waals surface area contributed by atoms with Crippen LogP contribution in [0.25, 0.3) is 0 Å². The number of amides is 1. The van der Waals surface area contributed by atoms with E-state index in [9.17, 15) is 4.79 Å². The van der Waals surface area contributed by atoms with E-state index in [1.165, 1.54) is 0 Å². The fourth-order valence-electron chi connectivity index (χ4n) is 4.18. The van der Waals surface area contributed by atoms with E-state index in [0.717, 1.165) is 44.3 Å². The van der Waals surface area contributed by atoms with Crippen molar-refractivity contribution in [1.29, 1.82) is 0 Å². The molecule has 7 nitrogen and oxygen atoms in total. The standard InChI is InChI=1S/C22H36N4O3/c1-22(2,3)29-21(27)26-11-5-6-16(26)14-28-20-17(7-8-18(23)19(20)24)15-9-12-25(4)13-10-15/h7-8,15-16H,5-6,9-14,23-24H2,1-4H3. The van der Waals surface area contributed by atoms with Crippen molar-refractivity contribution in [3.63, 3.8) is 0 Å². The zero-order valence-corrected chi connectivity index (χ0v) is 18.2. The minimum absolute atomic E-state index is 0.0176. The first kappa shape index (κ1) is 21.6. The number of nitrogens with zero attached hydrogens (tertiary/aromatic N) is 2. The van der Waals surface area contributed by atoms with Gasteiger partial charge >= 0.3 is 6.09 Å². The van der Waals surface area contributed by atoms with Crippen LogP contribution in [0.4, 0.5) is 16.2 Å². The first-order chi connectivity index (χ1) is 13.7. The molecule has 0 aliphatic carbocycles. The first-order valence-corrected chi connectivity index (χ1v) is 10.6. The molecule has 1 aromatic carbocycles. The van der Waals surface area contributed by atoms with Crippen LogP contribution in [0.15, 0.2) is 12.1 Å². The Hall–Kier alpha value is -2.15. The van der Waals surface area contributed by atoms with Gasteiger partial charge in [0.05, 0.1) is 17.4 Å². The topological polar surface area (TPSA) is 94.0 Å². The van der Waals surface area contributed by atoms with Gasteiger partial charge in [-0.1, -0.05) is 6.07 Å². The Kier molecular flexibility index (Phi) is 6.46. The number of carbonyl (C=O) groups is 1. The average Bonchev–Trinajstić information content (AvgIpc) is 3.11. The molecule has 1 amide bonds. The van der Waals surface area contributed by atoms with Gasteiger partial charge in [-0.05, 0) is 84.1 Å². The number of rotatable bonds is 4. The molecule has 1 aromatic rings. The molecule has 2 fully saturated rings. The van der Waals surface area contributed by atoms with Crippen LogP contribution >= 0.6 is 0 Å². The molecule has 2 aliphatic heterocycles. The zero-order chi connectivity index (χ0) is 21.2. The molecule has 2 saturated heterocycles. The highest BCUT2D eigenvalue weighted by Crippen LogP contribution is 2.40. The molecule has 162 valence electrons. The molecule has 3 rings (SSSR count). The predicted molar refractivity (Wildman–Crippen MR) is 116 cm³/mol. The van der Waals surface area contributed by atoms with E-state index in [0.29, 0.717) is 36.2 Å². The first-order valence-electron chi connectivity index (χ1n) is 10.6. The number of nitrogen functional groups attached to an aromatic ring is 2. The second-order valence-corrected chi connectivity index (χ2v) is 9.35. The Morgan fingerprint density at radius 2 is 1.83 bits per heavy atom. The van der Waals surface area contributed by atoms with Gasteiger partial charge in [0, 0.05) is 6.54 Å². The largest absolute Gasteiger partial charge is 0.489 e. The van der Waals surface area contributed by atoms with Crippen LogP contribution in [0.3, 0.4) is 0 Å². The number of likely N-dealkylation sites (tertiary alicyclic amines) is 2. The smallest absolute Gasteiger partial charge is 0.410 e. The fourth-order valence-corrected chi connectivity index (χ4v) is 4.18. The average molecular weight is 405 g/mol. The zero-order valence-electron chi connectivity index (χ0n) is 18.2. The van der Waals surface area contributed by atoms with E-state index in [1.54, 1.807) is 4.90 Å². The molecule has 1 unspecified atom stereocenters. The van der Waals surface area contributed by atoms with Crippen LogP contribution in [0, 0.1) is 0 Å². The van der Waals surface area contributed by atoms with Crippen LogP contribution < -0.4 is 16.2 Å². The van der Waals surface area contributed by atoms with Crippen molar-refractivity contribution >= 4 is 17.5 Å². The maximum atomic E-state index is 12.5. The minimum atomic E-state index is -0.509. The lowest BCUT2D eigenvalue weighted by Crippen LogP contribution is -2.42. The van der Waals surface area contributed by atoms with Crippen molar-refractivity contribution in [2.24, 2.45) is 0 Å². The van der Waals surface area contributed by atoms with Gasteiger partial charge in [-0.25, -0.2) is 4.79 Å². The van der Waals surface area contributed by atoms with E-state index in [-0.39, 0.29) is 12.1 Å². The molecule has 2 aliphatic rings. The fraction of sp³-hybridized carbons (Fsp3) is 0.682. The molecule has 0 radical (unpaired) electrons. The SMILES string of the molecule is CN1CCC(c2ccc(N)c(N)c2OCC2CCCN2C(=O)OC(C)(C)C)CC1. The van der Waals surface area contributed by atoms with Crippen LogP contribution in [-0.4, -0.2) is 60.8 Å². The van der Waals surface area contributed by atoms with Gasteiger partial charge in [0.15, 0.2) is 0 Å². The molecule has 0 aromatic heterocycles. The lowest BCUT2D eigenvalue weighted by atomic mass is 9.88. The van der Waals surface area contributed by atoms with Crippen LogP contribution in [0.2, 0.25) is 0 Å². The summed E-state index contributed by atoms with van der Waals surface area (Å²) in [5, 5.41) is 0. The second-order valence-electron chi connectivity index (χ2n) is 9.35. The van der Waals surface area contributed by atoms with Gasteiger partial charge in [-0.3, -0.25) is 0 Å². The Labute approximate surface area is 174 Å². The van der Waals surface area contributed by atoms with Gasteiger partial charge in [-0.15, -0.1) is 0 Å². The summed E-state index contributed by atoms with van der Waals surface area (Å²) >= 11 is 0. The summed E-state index contributed by atoms with van der Waals surface area (Å²) < 4.78 is 11.8. The summed E-state index contributed by atoms with van der Waals surface area (Å²) in [6, 6.07) is 3.91. The molecular weight excluding hydrogens is 368 g/mol. The number of ether oxygens (including phenoxy) is 2. The summed E-state index contributed by atoms with van der Waals surface area (Å²) in [7, 11) is 2.15. The molecule has 1 atom stereocenters. The van der Waals surface area contributed by atoms with Crippen LogP contribution in [-0.2, 0) is 4.74 Å². The van der Waals surface area contributed by atoms with E-state index >= 15 is 0 Å². The summed E-state index contributed by atoms with van der Waals surface area (Å²) in [5.41, 5.74) is 14.0. The number of hydrogen-bond acceptors (Lipinski definition) is 6. The third kappa shape index (κ3) is 5.26. The molecular formula is C22H36N4O3. The quantitative estimate of drug-likeness (QED) is 0.747. The Morgan fingerprint density at radius 3 is 2.48 bits per heavy atom. The molecule has 0 saturated carbocycles. The van der Waals surface area contributed by atoms with Gasteiger partial charge in [0.1, 0.15) is 18.0 Å². The number of nitrogens with two attached hydrogens (primary N) is 2. The van der Waals surface area contributed by atoms with Crippen LogP contribution in [0.1, 0.15) is 57.9 Å². The highest BCUT2D eigenvalue weighted by molar-refractivity contribution is 5.73. The Balaban J connectivity index is 1.72. The Morgan fingerprint density at radius 1 is 1.14 bits per heavy atom. The Bertz CT molecular complexity index is 724. The summed E-state index contributed by atoms with van der Waals surface area (Å²) in [5.74, 6) is 1.10. The van der Waals surface area contributed by atoms with Crippen LogP contribution in [0.5, 0.6) is 5.75 Å². The number of hydrogen-bond donors (Lipinski definition) is 2. The summed E-state index contributed by atoms with van der Waals surface area (Å²) in [6.45, 7) is 8.85. The molecule has 2 heterocycles. The third-order valence-corrected chi connectivity index (χ3v) is 5.84. The lowest BCUT2D eigenvalue weighted by molar-refractivity contribution is 0.0187. The third-order valence-electron chi connectivity index (χ3n) is 5.84. The number of piperidine rings is 1. The number of carbonyl (C=O) groups excluding carboxylic acids is 1. The maximum absolute atomic E-state index is 12.5. The van der Waals surface area contributed by atoms with Gasteiger partial charge in [0.25, 0.3) is 0 Å². The van der Waals surface area contributed by atoms with Gasteiger partial charge in [-0.2, -0.15) is 0 Å². The van der Waals surface area contributed by atoms with E-state index in [1.807, 2.05) is 26.8 Å². The van der Waals surface area contributed by atoms with Gasteiger partial charge < -0.3 is 30.7 Å². The molecule has 7 heteroatoms. The maximum Gasteiger partial charge on any atom is 0.410 e. The highest BCUT2D eigenvalue weighted by atomic mass is 16.6. The summed E-state index contributed by atoms with van der Waals surface area (Å²) in [4.78, 5) is 16.7. The van der Waals surface area contributed by atoms with E-state index in [4.69, 9.17) is 20.9 Å². The molecule has 0 spiro atoms. The van der Waals surface area contributed by atoms with Crippen molar-refractivity contribution in [3.05, 3.63) is 17.7 Å². The highest BCUT2D eigenvalue weighted by Gasteiger charge is 2.33. The second kappa shape index (κ2) is 8.69. The normalized spacial score (nSPS) is 21.4. The molecule has 4 N–H and O–H groups in total. The number of anilines is 2. The molecule has 0 bridgehead atoms. The van der Waals surface area contributed by atoms with Crippen molar-refractivity contribution in [2.45, 2.75) is 64.0 Å². The summed E-state index contributed by atoms with van der Waals surface area (Å²) in [6.07, 6.45) is 3.71. The van der Waals surface area contributed by atoms with Crippen molar-refractivity contribution in [2.75, 3.05) is 44.8 Å². The van der Waals surface area contributed by atoms with Crippen molar-refractivity contribution in [3.8, 4) is 5.75 Å². The molecule has 29 heavy (non-hydrogen) atoms. The van der Waals surface area contributed by atoms with E-state index < -0.39 is 5.60 Å². The van der Waals surface area contributed by atoms with Crippen molar-refractivity contribution < 1.29 is 14.3 Å². The van der Waals surface area contributed by atoms with Crippen molar-refractivity contribution in [1.82, 2.24) is 9.80 Å². The monoisotopic (exact) mass is 404 g/mol. The van der Waals surface area contributed by atoms with E-state index in [2.05, 4.69) is 18.0 Å². The predicted octanol–water partition coefficient (Wildman–Crippen LogP) is 3.44. The van der Waals surface area contributed by atoms with Gasteiger partial charge in [0.2, 0.25) is 0 Å². The number of benzene rings is 1. The minimum Gasteiger partial charge on any atom is -0.489 e.